The monoisotopic (exact) mass is 535 g/mol. The van der Waals surface area contributed by atoms with Crippen LogP contribution in [-0.4, -0.2) is 41.2 Å². The maximum atomic E-state index is 12.4. The number of fused-ring (bicyclic) bond motifs is 1. The van der Waals surface area contributed by atoms with E-state index >= 15 is 0 Å². The smallest absolute Gasteiger partial charge is 0.193 e. The molecule has 7 heteroatoms. The van der Waals surface area contributed by atoms with Crippen molar-refractivity contribution in [1.29, 1.82) is 0 Å². The van der Waals surface area contributed by atoms with Crippen molar-refractivity contribution in [3.05, 3.63) is 124 Å². The molecule has 3 heterocycles. The Morgan fingerprint density at radius 1 is 0.750 bits per heavy atom. The average Bonchev–Trinajstić information content (AvgIpc) is 2.95. The van der Waals surface area contributed by atoms with Crippen LogP contribution in [0.25, 0.3) is 22.3 Å². The lowest BCUT2D eigenvalue weighted by atomic mass is 10.1. The molecule has 0 spiro atoms. The number of nitrogens with zero attached hydrogens (tertiary/aromatic N) is 3. The zero-order valence-corrected chi connectivity index (χ0v) is 22.9. The molecular formula is C33H33N3O4. The first kappa shape index (κ1) is 27.2. The van der Waals surface area contributed by atoms with E-state index in [0.29, 0.717) is 36.6 Å². The normalized spacial score (nSPS) is 11.3. The van der Waals surface area contributed by atoms with Gasteiger partial charge in [0.15, 0.2) is 5.43 Å². The van der Waals surface area contributed by atoms with E-state index in [2.05, 4.69) is 27.0 Å². The molecule has 0 unspecified atom stereocenters. The van der Waals surface area contributed by atoms with Crippen molar-refractivity contribution < 1.29 is 13.9 Å². The van der Waals surface area contributed by atoms with E-state index in [-0.39, 0.29) is 5.43 Å². The Labute approximate surface area is 234 Å². The molecule has 3 aromatic heterocycles. The van der Waals surface area contributed by atoms with E-state index in [1.165, 1.54) is 6.07 Å². The highest BCUT2D eigenvalue weighted by molar-refractivity contribution is 5.78. The number of aryl methyl sites for hydroxylation is 2. The molecule has 0 aliphatic carbocycles. The summed E-state index contributed by atoms with van der Waals surface area (Å²) in [6, 6.07) is 28.5. The number of ether oxygens (including phenoxy) is 2. The lowest BCUT2D eigenvalue weighted by Crippen LogP contribution is -2.28. The fourth-order valence-electron chi connectivity index (χ4n) is 4.52. The van der Waals surface area contributed by atoms with E-state index in [9.17, 15) is 4.79 Å². The zero-order chi connectivity index (χ0) is 27.7. The summed E-state index contributed by atoms with van der Waals surface area (Å²) in [6.45, 7) is 7.69. The van der Waals surface area contributed by atoms with Gasteiger partial charge in [-0.25, -0.2) is 0 Å². The Kier molecular flexibility index (Phi) is 8.96. The molecule has 5 rings (SSSR count). The Bertz CT molecular complexity index is 1570. The maximum Gasteiger partial charge on any atom is 0.193 e. The van der Waals surface area contributed by atoms with Gasteiger partial charge in [-0.1, -0.05) is 24.3 Å². The zero-order valence-electron chi connectivity index (χ0n) is 22.9. The van der Waals surface area contributed by atoms with E-state index in [4.69, 9.17) is 13.9 Å². The Balaban J connectivity index is 1.10. The van der Waals surface area contributed by atoms with E-state index in [1.807, 2.05) is 74.5 Å². The molecule has 0 aliphatic heterocycles. The number of para-hydroxylation sites is 1. The van der Waals surface area contributed by atoms with Crippen LogP contribution in [-0.2, 0) is 17.8 Å². The molecule has 0 bridgehead atoms. The van der Waals surface area contributed by atoms with Gasteiger partial charge in [-0.2, -0.15) is 0 Å². The van der Waals surface area contributed by atoms with Gasteiger partial charge in [0, 0.05) is 42.7 Å². The highest BCUT2D eigenvalue weighted by atomic mass is 16.5. The Morgan fingerprint density at radius 2 is 1.43 bits per heavy atom. The Hall–Kier alpha value is -4.33. The molecule has 0 saturated heterocycles. The summed E-state index contributed by atoms with van der Waals surface area (Å²) >= 11 is 0. The molecule has 0 saturated carbocycles. The third-order valence-electron chi connectivity index (χ3n) is 6.48. The van der Waals surface area contributed by atoms with Crippen molar-refractivity contribution in [2.75, 3.05) is 26.4 Å². The number of pyridine rings is 2. The van der Waals surface area contributed by atoms with Crippen LogP contribution in [0.4, 0.5) is 0 Å². The molecule has 204 valence electrons. The van der Waals surface area contributed by atoms with Gasteiger partial charge in [0.25, 0.3) is 0 Å². The summed E-state index contributed by atoms with van der Waals surface area (Å²) in [4.78, 5) is 24.0. The SMILES string of the molecule is Cc1cccc(CN(CCOCCOc2ccc(-c3cc(=O)c4ccccc4o3)cc2)Cc2cccc(C)n2)n1. The fraction of sp³-hybridized carbons (Fsp3) is 0.242. The minimum absolute atomic E-state index is 0.0572. The van der Waals surface area contributed by atoms with Crippen LogP contribution in [0.5, 0.6) is 5.75 Å². The highest BCUT2D eigenvalue weighted by Crippen LogP contribution is 2.24. The van der Waals surface area contributed by atoms with Gasteiger partial charge in [-0.15, -0.1) is 0 Å². The van der Waals surface area contributed by atoms with Gasteiger partial charge < -0.3 is 13.9 Å². The lowest BCUT2D eigenvalue weighted by Gasteiger charge is -2.22. The maximum absolute atomic E-state index is 12.4. The topological polar surface area (TPSA) is 77.7 Å². The molecule has 0 aliphatic rings. The minimum Gasteiger partial charge on any atom is -0.491 e. The van der Waals surface area contributed by atoms with E-state index in [0.717, 1.165) is 53.7 Å². The molecule has 40 heavy (non-hydrogen) atoms. The second-order valence-corrected chi connectivity index (χ2v) is 9.71. The summed E-state index contributed by atoms with van der Waals surface area (Å²) in [5, 5.41) is 0.577. The first-order chi connectivity index (χ1) is 19.5. The Morgan fingerprint density at radius 3 is 2.10 bits per heavy atom. The van der Waals surface area contributed by atoms with Crippen LogP contribution in [0.2, 0.25) is 0 Å². The second kappa shape index (κ2) is 13.2. The quantitative estimate of drug-likeness (QED) is 0.182. The highest BCUT2D eigenvalue weighted by Gasteiger charge is 2.10. The first-order valence-corrected chi connectivity index (χ1v) is 13.4. The van der Waals surface area contributed by atoms with Crippen molar-refractivity contribution >= 4 is 11.0 Å². The van der Waals surface area contributed by atoms with Crippen LogP contribution in [0.3, 0.4) is 0 Å². The van der Waals surface area contributed by atoms with Crippen molar-refractivity contribution in [1.82, 2.24) is 14.9 Å². The molecule has 0 radical (unpaired) electrons. The third-order valence-corrected chi connectivity index (χ3v) is 6.48. The average molecular weight is 536 g/mol. The molecule has 0 N–H and O–H groups in total. The molecule has 0 amide bonds. The predicted octanol–water partition coefficient (Wildman–Crippen LogP) is 5.96. The number of hydrogen-bond donors (Lipinski definition) is 0. The molecule has 2 aromatic carbocycles. The number of rotatable bonds is 12. The molecule has 7 nitrogen and oxygen atoms in total. The largest absolute Gasteiger partial charge is 0.491 e. The fourth-order valence-corrected chi connectivity index (χ4v) is 4.52. The van der Waals surface area contributed by atoms with Crippen molar-refractivity contribution in [3.63, 3.8) is 0 Å². The predicted molar refractivity (Wildman–Crippen MR) is 156 cm³/mol. The molecular weight excluding hydrogens is 502 g/mol. The van der Waals surface area contributed by atoms with Gasteiger partial charge in [0.1, 0.15) is 23.7 Å². The van der Waals surface area contributed by atoms with E-state index in [1.54, 1.807) is 12.1 Å². The first-order valence-electron chi connectivity index (χ1n) is 13.4. The van der Waals surface area contributed by atoms with E-state index < -0.39 is 0 Å². The van der Waals surface area contributed by atoms with Gasteiger partial charge >= 0.3 is 0 Å². The minimum atomic E-state index is -0.0572. The summed E-state index contributed by atoms with van der Waals surface area (Å²) in [5.41, 5.74) is 5.41. The molecule has 0 atom stereocenters. The van der Waals surface area contributed by atoms with Crippen LogP contribution in [0.15, 0.2) is 100 Å². The summed E-state index contributed by atoms with van der Waals surface area (Å²) < 4.78 is 17.7. The van der Waals surface area contributed by atoms with Gasteiger partial charge in [-0.3, -0.25) is 19.7 Å². The second-order valence-electron chi connectivity index (χ2n) is 9.71. The summed E-state index contributed by atoms with van der Waals surface area (Å²) in [7, 11) is 0. The lowest BCUT2D eigenvalue weighted by molar-refractivity contribution is 0.0754. The van der Waals surface area contributed by atoms with Gasteiger partial charge in [0.05, 0.1) is 30.0 Å². The van der Waals surface area contributed by atoms with Crippen molar-refractivity contribution in [3.8, 4) is 17.1 Å². The van der Waals surface area contributed by atoms with Crippen molar-refractivity contribution in [2.24, 2.45) is 0 Å². The molecule has 0 fully saturated rings. The van der Waals surface area contributed by atoms with Crippen LogP contribution < -0.4 is 10.2 Å². The summed E-state index contributed by atoms with van der Waals surface area (Å²) in [5.74, 6) is 1.26. The summed E-state index contributed by atoms with van der Waals surface area (Å²) in [6.07, 6.45) is 0. The van der Waals surface area contributed by atoms with Crippen LogP contribution in [0.1, 0.15) is 22.8 Å². The number of benzene rings is 2. The number of aromatic nitrogens is 2. The van der Waals surface area contributed by atoms with Crippen molar-refractivity contribution in [2.45, 2.75) is 26.9 Å². The number of hydrogen-bond acceptors (Lipinski definition) is 7. The van der Waals surface area contributed by atoms with Crippen LogP contribution in [0, 0.1) is 13.8 Å². The van der Waals surface area contributed by atoms with Gasteiger partial charge in [0.2, 0.25) is 0 Å². The third kappa shape index (κ3) is 7.40. The standard InChI is InChI=1S/C33H33N3O4/c1-24-7-5-9-27(34-24)22-36(23-28-10-6-8-25(2)35-28)17-18-38-19-20-39-29-15-13-26(14-16-29)33-21-31(37)30-11-3-4-12-32(30)40-33/h3-16,21H,17-20,22-23H2,1-2H3. The van der Waals surface area contributed by atoms with Gasteiger partial charge in [-0.05, 0) is 74.5 Å². The molecule has 5 aromatic rings. The van der Waals surface area contributed by atoms with Crippen LogP contribution >= 0.6 is 0 Å².